The molecular weight excluding hydrogens is 311 g/mol. The van der Waals surface area contributed by atoms with Gasteiger partial charge in [0.1, 0.15) is 5.82 Å². The van der Waals surface area contributed by atoms with Gasteiger partial charge in [-0.05, 0) is 36.6 Å². The first-order chi connectivity index (χ1) is 11.5. The molecule has 0 aliphatic carbocycles. The smallest absolute Gasteiger partial charge is 0.280 e. The highest BCUT2D eigenvalue weighted by atomic mass is 19.1. The molecule has 7 heteroatoms. The lowest BCUT2D eigenvalue weighted by Crippen LogP contribution is -2.43. The maximum atomic E-state index is 13.4. The first-order valence-electron chi connectivity index (χ1n) is 8.12. The zero-order valence-electron chi connectivity index (χ0n) is 13.5. The highest BCUT2D eigenvalue weighted by molar-refractivity contribution is 6.05. The Labute approximate surface area is 139 Å². The van der Waals surface area contributed by atoms with Crippen LogP contribution in [-0.2, 0) is 17.7 Å². The summed E-state index contributed by atoms with van der Waals surface area (Å²) in [7, 11) is 0. The summed E-state index contributed by atoms with van der Waals surface area (Å²) in [6.45, 7) is 4.79. The highest BCUT2D eigenvalue weighted by Gasteiger charge is 2.34. The number of nitrogens with zero attached hydrogens (tertiary/aromatic N) is 4. The van der Waals surface area contributed by atoms with E-state index in [1.165, 1.54) is 12.1 Å². The Hall–Kier alpha value is -2.28. The summed E-state index contributed by atoms with van der Waals surface area (Å²) in [5.74, 6) is -0.464. The Morgan fingerprint density at radius 1 is 1.42 bits per heavy atom. The molecule has 126 valence electrons. The van der Waals surface area contributed by atoms with Gasteiger partial charge in [-0.1, -0.05) is 12.1 Å². The van der Waals surface area contributed by atoms with Gasteiger partial charge in [0.15, 0.2) is 5.69 Å². The first kappa shape index (κ1) is 15.3. The van der Waals surface area contributed by atoms with Crippen molar-refractivity contribution < 1.29 is 13.9 Å². The number of aromatic nitrogens is 3. The molecular formula is C17H19FN4O2. The van der Waals surface area contributed by atoms with Crippen LogP contribution in [0.3, 0.4) is 0 Å². The molecule has 4 rings (SSSR count). The molecule has 2 aliphatic rings. The number of aryl methyl sites for hydroxylation is 1. The van der Waals surface area contributed by atoms with Gasteiger partial charge in [0.2, 0.25) is 0 Å². The molecule has 1 amide bonds. The highest BCUT2D eigenvalue weighted by Crippen LogP contribution is 2.30. The number of halogens is 1. The predicted molar refractivity (Wildman–Crippen MR) is 85.3 cm³/mol. The molecule has 0 N–H and O–H groups in total. The number of fused-ring (bicyclic) bond motifs is 1. The van der Waals surface area contributed by atoms with Crippen molar-refractivity contribution in [2.24, 2.45) is 5.41 Å². The number of ether oxygens (including phenoxy) is 1. The molecule has 1 aromatic heterocycles. The van der Waals surface area contributed by atoms with E-state index in [2.05, 4.69) is 17.2 Å². The standard InChI is InChI=1S/C17H19FN4O2/c1-17(10-24-11-17)9-21-8-14(19-20-21)16(23)22-6-2-3-12-7-13(18)4-5-15(12)22/h4-5,7-8H,2-3,6,9-11H2,1H3. The van der Waals surface area contributed by atoms with E-state index in [0.29, 0.717) is 32.0 Å². The van der Waals surface area contributed by atoms with E-state index < -0.39 is 0 Å². The molecule has 0 bridgehead atoms. The third-order valence-electron chi connectivity index (χ3n) is 4.61. The minimum Gasteiger partial charge on any atom is -0.380 e. The lowest BCUT2D eigenvalue weighted by atomic mass is 9.89. The first-order valence-corrected chi connectivity index (χ1v) is 8.12. The Bertz CT molecular complexity index is 785. The lowest BCUT2D eigenvalue weighted by Gasteiger charge is -2.37. The van der Waals surface area contributed by atoms with Crippen LogP contribution in [-0.4, -0.2) is 40.7 Å². The van der Waals surface area contributed by atoms with Crippen LogP contribution >= 0.6 is 0 Å². The molecule has 1 saturated heterocycles. The van der Waals surface area contributed by atoms with Crippen molar-refractivity contribution >= 4 is 11.6 Å². The average Bonchev–Trinajstić information content (AvgIpc) is 3.00. The van der Waals surface area contributed by atoms with Gasteiger partial charge in [-0.15, -0.1) is 5.10 Å². The maximum Gasteiger partial charge on any atom is 0.280 e. The Morgan fingerprint density at radius 3 is 3.00 bits per heavy atom. The van der Waals surface area contributed by atoms with Gasteiger partial charge in [-0.2, -0.15) is 0 Å². The topological polar surface area (TPSA) is 60.2 Å². The number of carbonyl (C=O) groups is 1. The third-order valence-corrected chi connectivity index (χ3v) is 4.61. The van der Waals surface area contributed by atoms with Crippen LogP contribution in [0, 0.1) is 11.2 Å². The minimum atomic E-state index is -0.273. The van der Waals surface area contributed by atoms with Crippen molar-refractivity contribution in [3.63, 3.8) is 0 Å². The molecule has 0 unspecified atom stereocenters. The van der Waals surface area contributed by atoms with Gasteiger partial charge >= 0.3 is 0 Å². The minimum absolute atomic E-state index is 0.0588. The van der Waals surface area contributed by atoms with Gasteiger partial charge in [0.25, 0.3) is 5.91 Å². The quantitative estimate of drug-likeness (QED) is 0.864. The molecule has 0 atom stereocenters. The summed E-state index contributed by atoms with van der Waals surface area (Å²) in [4.78, 5) is 14.5. The van der Waals surface area contributed by atoms with Crippen molar-refractivity contribution in [2.75, 3.05) is 24.7 Å². The Morgan fingerprint density at radius 2 is 2.25 bits per heavy atom. The molecule has 1 fully saturated rings. The molecule has 0 radical (unpaired) electrons. The van der Waals surface area contributed by atoms with E-state index in [-0.39, 0.29) is 17.1 Å². The summed E-state index contributed by atoms with van der Waals surface area (Å²) in [6, 6.07) is 4.56. The molecule has 6 nitrogen and oxygen atoms in total. The molecule has 24 heavy (non-hydrogen) atoms. The zero-order valence-corrected chi connectivity index (χ0v) is 13.5. The monoisotopic (exact) mass is 330 g/mol. The Kier molecular flexibility index (Phi) is 3.60. The summed E-state index contributed by atoms with van der Waals surface area (Å²) in [5.41, 5.74) is 2.00. The maximum absolute atomic E-state index is 13.4. The fraction of sp³-hybridized carbons (Fsp3) is 0.471. The number of hydrogen-bond acceptors (Lipinski definition) is 4. The van der Waals surface area contributed by atoms with E-state index >= 15 is 0 Å². The fourth-order valence-electron chi connectivity index (χ4n) is 3.32. The van der Waals surface area contributed by atoms with E-state index in [1.807, 2.05) is 0 Å². The number of amides is 1. The van der Waals surface area contributed by atoms with Crippen molar-refractivity contribution in [1.29, 1.82) is 0 Å². The van der Waals surface area contributed by atoms with E-state index in [0.717, 1.165) is 24.1 Å². The normalized spacial score (nSPS) is 18.8. The molecule has 1 aromatic carbocycles. The molecule has 2 aliphatic heterocycles. The van der Waals surface area contributed by atoms with Gasteiger partial charge in [0, 0.05) is 17.6 Å². The van der Waals surface area contributed by atoms with Crippen molar-refractivity contribution in [1.82, 2.24) is 15.0 Å². The van der Waals surface area contributed by atoms with Crippen molar-refractivity contribution in [3.05, 3.63) is 41.5 Å². The second-order valence-electron chi connectivity index (χ2n) is 6.94. The van der Waals surface area contributed by atoms with Gasteiger partial charge in [0.05, 0.1) is 26.0 Å². The van der Waals surface area contributed by atoms with Crippen molar-refractivity contribution in [2.45, 2.75) is 26.3 Å². The molecule has 0 spiro atoms. The summed E-state index contributed by atoms with van der Waals surface area (Å²) in [5, 5.41) is 8.10. The third kappa shape index (κ3) is 2.69. The van der Waals surface area contributed by atoms with Crippen molar-refractivity contribution in [3.8, 4) is 0 Å². The van der Waals surface area contributed by atoms with E-state index in [9.17, 15) is 9.18 Å². The molecule has 2 aromatic rings. The van der Waals surface area contributed by atoms with E-state index in [4.69, 9.17) is 4.74 Å². The second-order valence-corrected chi connectivity index (χ2v) is 6.94. The van der Waals surface area contributed by atoms with Gasteiger partial charge in [-0.25, -0.2) is 4.39 Å². The number of anilines is 1. The summed E-state index contributed by atoms with van der Waals surface area (Å²) < 4.78 is 20.3. The summed E-state index contributed by atoms with van der Waals surface area (Å²) in [6.07, 6.45) is 3.28. The largest absolute Gasteiger partial charge is 0.380 e. The van der Waals surface area contributed by atoms with Crippen LogP contribution < -0.4 is 4.90 Å². The average molecular weight is 330 g/mol. The Balaban J connectivity index is 1.55. The van der Waals surface area contributed by atoms with Crippen LogP contribution in [0.4, 0.5) is 10.1 Å². The molecule has 3 heterocycles. The fourth-order valence-corrected chi connectivity index (χ4v) is 3.32. The number of hydrogen-bond donors (Lipinski definition) is 0. The zero-order chi connectivity index (χ0) is 16.7. The predicted octanol–water partition coefficient (Wildman–Crippen LogP) is 2.05. The SMILES string of the molecule is CC1(Cn2cc(C(=O)N3CCCc4cc(F)ccc43)nn2)COC1. The summed E-state index contributed by atoms with van der Waals surface area (Å²) >= 11 is 0. The molecule has 0 saturated carbocycles. The second kappa shape index (κ2) is 5.66. The van der Waals surface area contributed by atoms with Crippen LogP contribution in [0.15, 0.2) is 24.4 Å². The number of carbonyl (C=O) groups excluding carboxylic acids is 1. The van der Waals surface area contributed by atoms with Crippen LogP contribution in [0.5, 0.6) is 0 Å². The van der Waals surface area contributed by atoms with Gasteiger partial charge in [-0.3, -0.25) is 9.48 Å². The van der Waals surface area contributed by atoms with Crippen LogP contribution in [0.25, 0.3) is 0 Å². The number of benzene rings is 1. The number of rotatable bonds is 3. The van der Waals surface area contributed by atoms with Crippen LogP contribution in [0.2, 0.25) is 0 Å². The van der Waals surface area contributed by atoms with Crippen LogP contribution in [0.1, 0.15) is 29.4 Å². The van der Waals surface area contributed by atoms with E-state index in [1.54, 1.807) is 21.8 Å². The lowest BCUT2D eigenvalue weighted by molar-refractivity contribution is -0.111. The van der Waals surface area contributed by atoms with Gasteiger partial charge < -0.3 is 9.64 Å².